The molecule has 114 valence electrons. The minimum atomic E-state index is 0.189. The summed E-state index contributed by atoms with van der Waals surface area (Å²) in [5, 5.41) is 0. The van der Waals surface area contributed by atoms with Gasteiger partial charge in [0.05, 0.1) is 4.83 Å². The molecule has 1 nitrogen and oxygen atoms in total. The van der Waals surface area contributed by atoms with Gasteiger partial charge in [0.15, 0.2) is 0 Å². The molecule has 0 amide bonds. The lowest BCUT2D eigenvalue weighted by atomic mass is 9.82. The van der Waals surface area contributed by atoms with Gasteiger partial charge in [-0.25, -0.2) is 0 Å². The predicted molar refractivity (Wildman–Crippen MR) is 93.4 cm³/mol. The van der Waals surface area contributed by atoms with Crippen LogP contribution >= 0.6 is 15.9 Å². The van der Waals surface area contributed by atoms with Gasteiger partial charge >= 0.3 is 0 Å². The van der Waals surface area contributed by atoms with E-state index in [1.807, 2.05) is 13.8 Å². The molecule has 0 aliphatic carbocycles. The number of aryl methyl sites for hydroxylation is 2. The average Bonchev–Trinajstić information content (AvgIpc) is 2.71. The fourth-order valence-electron chi connectivity index (χ4n) is 2.66. The van der Waals surface area contributed by atoms with E-state index in [0.717, 1.165) is 17.9 Å². The van der Waals surface area contributed by atoms with Crippen LogP contribution in [0.25, 0.3) is 0 Å². The number of hydrogen-bond donors (Lipinski definition) is 0. The molecule has 21 heavy (non-hydrogen) atoms. The summed E-state index contributed by atoms with van der Waals surface area (Å²) in [6, 6.07) is 8.97. The molecule has 0 bridgehead atoms. The van der Waals surface area contributed by atoms with E-state index < -0.39 is 0 Å². The minimum Gasteiger partial charge on any atom is -0.466 e. The fourth-order valence-corrected chi connectivity index (χ4v) is 3.63. The molecule has 0 radical (unpaired) electrons. The highest BCUT2D eigenvalue weighted by Gasteiger charge is 2.22. The second-order valence-corrected chi connectivity index (χ2v) is 7.39. The van der Waals surface area contributed by atoms with Gasteiger partial charge in [0.1, 0.15) is 11.5 Å². The van der Waals surface area contributed by atoms with Gasteiger partial charge in [0, 0.05) is 5.56 Å². The lowest BCUT2D eigenvalue weighted by Gasteiger charge is -2.24. The zero-order valence-electron chi connectivity index (χ0n) is 13.9. The van der Waals surface area contributed by atoms with Crippen molar-refractivity contribution in [3.63, 3.8) is 0 Å². The summed E-state index contributed by atoms with van der Waals surface area (Å²) in [6.07, 6.45) is 1.14. The van der Waals surface area contributed by atoms with Crippen LogP contribution in [0.2, 0.25) is 0 Å². The van der Waals surface area contributed by atoms with Gasteiger partial charge in [0.2, 0.25) is 0 Å². The van der Waals surface area contributed by atoms with Crippen molar-refractivity contribution < 1.29 is 4.42 Å². The van der Waals surface area contributed by atoms with Gasteiger partial charge in [-0.05, 0) is 49.3 Å². The molecular weight excluding hydrogens is 324 g/mol. The van der Waals surface area contributed by atoms with Crippen molar-refractivity contribution >= 4 is 15.9 Å². The lowest BCUT2D eigenvalue weighted by molar-refractivity contribution is 0.500. The highest BCUT2D eigenvalue weighted by molar-refractivity contribution is 9.09. The van der Waals surface area contributed by atoms with Crippen LogP contribution in [-0.2, 0) is 5.41 Å². The molecule has 2 rings (SSSR count). The molecule has 1 unspecified atom stereocenters. The molecule has 0 aliphatic rings. The fraction of sp³-hybridized carbons (Fsp3) is 0.474. The number of rotatable bonds is 4. The Bertz CT molecular complexity index is 620. The van der Waals surface area contributed by atoms with Crippen LogP contribution in [0, 0.1) is 20.8 Å². The van der Waals surface area contributed by atoms with Gasteiger partial charge in [0.25, 0.3) is 0 Å². The van der Waals surface area contributed by atoms with Crippen molar-refractivity contribution in [2.45, 2.75) is 58.2 Å². The topological polar surface area (TPSA) is 13.1 Å². The molecule has 0 saturated carbocycles. The minimum absolute atomic E-state index is 0.189. The van der Waals surface area contributed by atoms with Crippen LogP contribution in [0.1, 0.15) is 65.8 Å². The van der Waals surface area contributed by atoms with E-state index in [2.05, 4.69) is 67.9 Å². The largest absolute Gasteiger partial charge is 0.466 e. The average molecular weight is 349 g/mol. The third kappa shape index (κ3) is 3.11. The molecule has 2 heteroatoms. The lowest BCUT2D eigenvalue weighted by Crippen LogP contribution is -2.15. The van der Waals surface area contributed by atoms with Crippen molar-refractivity contribution in [1.29, 1.82) is 0 Å². The summed E-state index contributed by atoms with van der Waals surface area (Å²) in [5.41, 5.74) is 5.41. The van der Waals surface area contributed by atoms with Crippen molar-refractivity contribution in [3.05, 3.63) is 58.0 Å². The molecule has 0 spiro atoms. The number of hydrogen-bond acceptors (Lipinski definition) is 1. The van der Waals surface area contributed by atoms with Crippen LogP contribution in [0.5, 0.6) is 0 Å². The maximum atomic E-state index is 5.75. The Labute approximate surface area is 136 Å². The van der Waals surface area contributed by atoms with Crippen molar-refractivity contribution in [1.82, 2.24) is 0 Å². The zero-order valence-corrected chi connectivity index (χ0v) is 15.5. The van der Waals surface area contributed by atoms with E-state index in [4.69, 9.17) is 4.42 Å². The molecule has 0 N–H and O–H groups in total. The first kappa shape index (κ1) is 16.4. The standard InChI is InChI=1S/C19H25BrO/c1-7-19(5,6)16-10-8-15(9-11-16)18(20)17-12(2)13(3)21-14(17)4/h8-11,18H,7H2,1-6H3. The Balaban J connectivity index is 2.34. The first-order valence-corrected chi connectivity index (χ1v) is 8.50. The van der Waals surface area contributed by atoms with Crippen molar-refractivity contribution in [2.24, 2.45) is 0 Å². The molecule has 0 saturated heterocycles. The molecule has 0 fully saturated rings. The predicted octanol–water partition coefficient (Wildman–Crippen LogP) is 6.38. The second-order valence-electron chi connectivity index (χ2n) is 6.48. The van der Waals surface area contributed by atoms with Crippen LogP contribution in [0.4, 0.5) is 0 Å². The molecule has 1 heterocycles. The van der Waals surface area contributed by atoms with E-state index >= 15 is 0 Å². The Hall–Kier alpha value is -1.02. The maximum Gasteiger partial charge on any atom is 0.106 e. The van der Waals surface area contributed by atoms with E-state index in [1.165, 1.54) is 22.3 Å². The number of furan rings is 1. The third-order valence-electron chi connectivity index (χ3n) is 4.74. The Morgan fingerprint density at radius 2 is 1.62 bits per heavy atom. The van der Waals surface area contributed by atoms with E-state index in [0.29, 0.717) is 0 Å². The maximum absolute atomic E-state index is 5.75. The summed E-state index contributed by atoms with van der Waals surface area (Å²) >= 11 is 3.84. The highest BCUT2D eigenvalue weighted by atomic mass is 79.9. The second kappa shape index (κ2) is 6.00. The molecular formula is C19H25BrO. The van der Waals surface area contributed by atoms with Gasteiger partial charge in [-0.1, -0.05) is 61.0 Å². The van der Waals surface area contributed by atoms with Crippen molar-refractivity contribution in [3.8, 4) is 0 Å². The van der Waals surface area contributed by atoms with E-state index in [-0.39, 0.29) is 10.2 Å². The normalized spacial score (nSPS) is 13.5. The number of alkyl halides is 1. The first-order chi connectivity index (χ1) is 9.77. The molecule has 2 aromatic rings. The zero-order chi connectivity index (χ0) is 15.8. The summed E-state index contributed by atoms with van der Waals surface area (Å²) in [4.78, 5) is 0.189. The summed E-state index contributed by atoms with van der Waals surface area (Å²) in [6.45, 7) is 13.0. The van der Waals surface area contributed by atoms with Gasteiger partial charge in [-0.2, -0.15) is 0 Å². The van der Waals surface area contributed by atoms with Gasteiger partial charge in [-0.15, -0.1) is 0 Å². The van der Waals surface area contributed by atoms with Crippen LogP contribution in [-0.4, -0.2) is 0 Å². The SMILES string of the molecule is CCC(C)(C)c1ccc(C(Br)c2c(C)oc(C)c2C)cc1. The smallest absolute Gasteiger partial charge is 0.106 e. The number of halogens is 1. The summed E-state index contributed by atoms with van der Waals surface area (Å²) < 4.78 is 5.75. The van der Waals surface area contributed by atoms with Crippen LogP contribution < -0.4 is 0 Å². The van der Waals surface area contributed by atoms with E-state index in [1.54, 1.807) is 0 Å². The van der Waals surface area contributed by atoms with E-state index in [9.17, 15) is 0 Å². The quantitative estimate of drug-likeness (QED) is 0.584. The van der Waals surface area contributed by atoms with Crippen LogP contribution in [0.15, 0.2) is 28.7 Å². The molecule has 0 aliphatic heterocycles. The van der Waals surface area contributed by atoms with Crippen molar-refractivity contribution in [2.75, 3.05) is 0 Å². The molecule has 1 aromatic heterocycles. The number of benzene rings is 1. The molecule has 1 aromatic carbocycles. The summed E-state index contributed by atoms with van der Waals surface area (Å²) in [7, 11) is 0. The summed E-state index contributed by atoms with van der Waals surface area (Å²) in [5.74, 6) is 2.01. The Kier molecular flexibility index (Phi) is 4.67. The first-order valence-electron chi connectivity index (χ1n) is 7.59. The van der Waals surface area contributed by atoms with Gasteiger partial charge < -0.3 is 4.42 Å². The Morgan fingerprint density at radius 3 is 2.05 bits per heavy atom. The molecule has 1 atom stereocenters. The highest BCUT2D eigenvalue weighted by Crippen LogP contribution is 2.38. The van der Waals surface area contributed by atoms with Crippen LogP contribution in [0.3, 0.4) is 0 Å². The van der Waals surface area contributed by atoms with Gasteiger partial charge in [-0.3, -0.25) is 0 Å². The third-order valence-corrected chi connectivity index (χ3v) is 5.73. The Morgan fingerprint density at radius 1 is 1.05 bits per heavy atom. The monoisotopic (exact) mass is 348 g/mol.